The Bertz CT molecular complexity index is 437. The van der Waals surface area contributed by atoms with E-state index in [4.69, 9.17) is 4.74 Å². The van der Waals surface area contributed by atoms with Gasteiger partial charge in [0.15, 0.2) is 0 Å². The molecule has 3 rings (SSSR count). The van der Waals surface area contributed by atoms with E-state index in [1.54, 1.807) is 0 Å². The van der Waals surface area contributed by atoms with Crippen LogP contribution in [0.2, 0.25) is 0 Å². The number of aliphatic hydroxyl groups is 1. The summed E-state index contributed by atoms with van der Waals surface area (Å²) >= 11 is 0. The lowest BCUT2D eigenvalue weighted by Crippen LogP contribution is -2.10. The number of benzene rings is 1. The Morgan fingerprint density at radius 3 is 2.88 bits per heavy atom. The molecule has 92 valence electrons. The number of aryl methyl sites for hydroxylation is 1. The minimum absolute atomic E-state index is 0.308. The molecule has 17 heavy (non-hydrogen) atoms. The molecular weight excluding hydrogens is 212 g/mol. The van der Waals surface area contributed by atoms with Crippen LogP contribution in [0.4, 0.5) is 0 Å². The highest BCUT2D eigenvalue weighted by Gasteiger charge is 2.50. The summed E-state index contributed by atoms with van der Waals surface area (Å²) in [6.45, 7) is 5.27. The Hall–Kier alpha value is -1.02. The van der Waals surface area contributed by atoms with Crippen LogP contribution in [0.15, 0.2) is 18.2 Å². The fraction of sp³-hybridized carbons (Fsp3) is 0.600. The molecule has 0 bridgehead atoms. The predicted molar refractivity (Wildman–Crippen MR) is 67.1 cm³/mol. The van der Waals surface area contributed by atoms with Crippen LogP contribution in [-0.2, 0) is 6.42 Å². The van der Waals surface area contributed by atoms with E-state index >= 15 is 0 Å². The summed E-state index contributed by atoms with van der Waals surface area (Å²) < 4.78 is 5.59. The lowest BCUT2D eigenvalue weighted by atomic mass is 9.96. The van der Waals surface area contributed by atoms with Crippen molar-refractivity contribution >= 4 is 0 Å². The van der Waals surface area contributed by atoms with Crippen LogP contribution in [0.25, 0.3) is 0 Å². The Labute approximate surface area is 103 Å². The third kappa shape index (κ3) is 1.95. The quantitative estimate of drug-likeness (QED) is 0.849. The van der Waals surface area contributed by atoms with E-state index in [2.05, 4.69) is 19.9 Å². The number of hydrogen-bond donors (Lipinski definition) is 1. The zero-order valence-corrected chi connectivity index (χ0v) is 10.6. The second kappa shape index (κ2) is 3.74. The molecule has 1 heterocycles. The van der Waals surface area contributed by atoms with Gasteiger partial charge in [0.25, 0.3) is 0 Å². The Balaban J connectivity index is 1.84. The molecule has 2 aliphatic rings. The summed E-state index contributed by atoms with van der Waals surface area (Å²) in [5.74, 6) is 1.42. The van der Waals surface area contributed by atoms with Gasteiger partial charge in [-0.3, -0.25) is 0 Å². The molecule has 1 aliphatic heterocycles. The number of ether oxygens (including phenoxy) is 1. The molecule has 1 aromatic carbocycles. The molecule has 2 atom stereocenters. The monoisotopic (exact) mass is 232 g/mol. The molecule has 1 saturated carbocycles. The van der Waals surface area contributed by atoms with Gasteiger partial charge in [-0.2, -0.15) is 0 Å². The SMILES string of the molecule is CC1(C)CC1C(O)c1ccc2c(c1)CCCO2. The van der Waals surface area contributed by atoms with Crippen LogP contribution < -0.4 is 4.74 Å². The van der Waals surface area contributed by atoms with Crippen LogP contribution in [0.3, 0.4) is 0 Å². The maximum absolute atomic E-state index is 10.4. The normalized spacial score (nSPS) is 26.9. The molecule has 2 heteroatoms. The van der Waals surface area contributed by atoms with Gasteiger partial charge in [0.05, 0.1) is 12.7 Å². The smallest absolute Gasteiger partial charge is 0.122 e. The van der Waals surface area contributed by atoms with Crippen molar-refractivity contribution in [3.8, 4) is 5.75 Å². The van der Waals surface area contributed by atoms with Crippen LogP contribution >= 0.6 is 0 Å². The summed E-state index contributed by atoms with van der Waals surface area (Å²) in [5.41, 5.74) is 2.63. The zero-order valence-electron chi connectivity index (χ0n) is 10.6. The molecule has 0 aromatic heterocycles. The van der Waals surface area contributed by atoms with Crippen molar-refractivity contribution in [3.63, 3.8) is 0 Å². The highest BCUT2D eigenvalue weighted by molar-refractivity contribution is 5.39. The van der Waals surface area contributed by atoms with Gasteiger partial charge in [0.2, 0.25) is 0 Å². The number of hydrogen-bond acceptors (Lipinski definition) is 2. The Kier molecular flexibility index (Phi) is 2.44. The summed E-state index contributed by atoms with van der Waals surface area (Å²) in [4.78, 5) is 0. The summed E-state index contributed by atoms with van der Waals surface area (Å²) in [6, 6.07) is 6.17. The third-order valence-corrected chi connectivity index (χ3v) is 4.24. The molecule has 1 N–H and O–H groups in total. The molecule has 2 unspecified atom stereocenters. The van der Waals surface area contributed by atoms with Crippen LogP contribution in [-0.4, -0.2) is 11.7 Å². The summed E-state index contributed by atoms with van der Waals surface area (Å²) in [5, 5.41) is 10.4. The average molecular weight is 232 g/mol. The van der Waals surface area contributed by atoms with Gasteiger partial charge in [-0.15, -0.1) is 0 Å². The molecule has 2 nitrogen and oxygen atoms in total. The minimum Gasteiger partial charge on any atom is -0.493 e. The standard InChI is InChI=1S/C15H20O2/c1-15(2)9-12(15)14(16)11-5-6-13-10(8-11)4-3-7-17-13/h5-6,8,12,14,16H,3-4,7,9H2,1-2H3. The Morgan fingerprint density at radius 2 is 2.18 bits per heavy atom. The average Bonchev–Trinajstić information content (AvgIpc) is 2.97. The van der Waals surface area contributed by atoms with Crippen LogP contribution in [0, 0.1) is 11.3 Å². The Morgan fingerprint density at radius 1 is 1.41 bits per heavy atom. The first-order valence-corrected chi connectivity index (χ1v) is 6.52. The van der Waals surface area contributed by atoms with Gasteiger partial charge in [-0.25, -0.2) is 0 Å². The van der Waals surface area contributed by atoms with Crippen molar-refractivity contribution in [2.45, 2.75) is 39.2 Å². The van der Waals surface area contributed by atoms with Gasteiger partial charge < -0.3 is 9.84 Å². The van der Waals surface area contributed by atoms with Crippen molar-refractivity contribution in [1.82, 2.24) is 0 Å². The lowest BCUT2D eigenvalue weighted by molar-refractivity contribution is 0.138. The number of aliphatic hydroxyl groups excluding tert-OH is 1. The molecule has 0 radical (unpaired) electrons. The maximum atomic E-state index is 10.4. The van der Waals surface area contributed by atoms with Crippen molar-refractivity contribution < 1.29 is 9.84 Å². The van der Waals surface area contributed by atoms with E-state index in [1.165, 1.54) is 5.56 Å². The largest absolute Gasteiger partial charge is 0.493 e. The topological polar surface area (TPSA) is 29.5 Å². The highest BCUT2D eigenvalue weighted by atomic mass is 16.5. The maximum Gasteiger partial charge on any atom is 0.122 e. The van der Waals surface area contributed by atoms with E-state index in [0.717, 1.165) is 37.2 Å². The number of fused-ring (bicyclic) bond motifs is 1. The van der Waals surface area contributed by atoms with Crippen LogP contribution in [0.1, 0.15) is 43.9 Å². The molecule has 1 aromatic rings. The number of rotatable bonds is 2. The minimum atomic E-state index is -0.308. The van der Waals surface area contributed by atoms with E-state index in [0.29, 0.717) is 11.3 Å². The molecule has 0 spiro atoms. The summed E-state index contributed by atoms with van der Waals surface area (Å²) in [6.07, 6.45) is 2.98. The molecule has 1 aliphatic carbocycles. The zero-order chi connectivity index (χ0) is 12.0. The third-order valence-electron chi connectivity index (χ3n) is 4.24. The van der Waals surface area contributed by atoms with Gasteiger partial charge >= 0.3 is 0 Å². The van der Waals surface area contributed by atoms with Crippen molar-refractivity contribution in [2.75, 3.05) is 6.61 Å². The first-order chi connectivity index (χ1) is 8.08. The van der Waals surface area contributed by atoms with E-state index in [-0.39, 0.29) is 6.10 Å². The second-order valence-electron chi connectivity index (χ2n) is 6.06. The second-order valence-corrected chi connectivity index (χ2v) is 6.06. The first kappa shape index (κ1) is 11.1. The predicted octanol–water partition coefficient (Wildman–Crippen LogP) is 3.09. The van der Waals surface area contributed by atoms with Crippen molar-refractivity contribution in [3.05, 3.63) is 29.3 Å². The lowest BCUT2D eigenvalue weighted by Gasteiger charge is -2.20. The molecular formula is C15H20O2. The van der Waals surface area contributed by atoms with Gasteiger partial charge in [0.1, 0.15) is 5.75 Å². The summed E-state index contributed by atoms with van der Waals surface area (Å²) in [7, 11) is 0. The van der Waals surface area contributed by atoms with Gasteiger partial charge in [-0.05, 0) is 53.9 Å². The fourth-order valence-corrected chi connectivity index (χ4v) is 2.84. The van der Waals surface area contributed by atoms with Gasteiger partial charge in [-0.1, -0.05) is 19.9 Å². The van der Waals surface area contributed by atoms with Gasteiger partial charge in [0, 0.05) is 0 Å². The molecule has 0 saturated heterocycles. The van der Waals surface area contributed by atoms with Crippen molar-refractivity contribution in [1.29, 1.82) is 0 Å². The van der Waals surface area contributed by atoms with E-state index < -0.39 is 0 Å². The fourth-order valence-electron chi connectivity index (χ4n) is 2.84. The van der Waals surface area contributed by atoms with E-state index in [1.807, 2.05) is 12.1 Å². The van der Waals surface area contributed by atoms with Crippen molar-refractivity contribution in [2.24, 2.45) is 11.3 Å². The molecule has 0 amide bonds. The van der Waals surface area contributed by atoms with E-state index in [9.17, 15) is 5.11 Å². The first-order valence-electron chi connectivity index (χ1n) is 6.52. The van der Waals surface area contributed by atoms with Crippen LogP contribution in [0.5, 0.6) is 5.75 Å². The molecule has 1 fully saturated rings. The highest BCUT2D eigenvalue weighted by Crippen LogP contribution is 2.57.